The SMILES string of the molecule is CCOC(=O)[C@@H]1C[C@@]1(F)COCc1ccc(OC)cc1. The Bertz CT molecular complexity index is 459. The molecule has 0 radical (unpaired) electrons. The topological polar surface area (TPSA) is 44.8 Å². The summed E-state index contributed by atoms with van der Waals surface area (Å²) >= 11 is 0. The van der Waals surface area contributed by atoms with Crippen LogP contribution in [-0.2, 0) is 20.9 Å². The van der Waals surface area contributed by atoms with Gasteiger partial charge in [0.25, 0.3) is 0 Å². The van der Waals surface area contributed by atoms with Gasteiger partial charge in [0.05, 0.1) is 32.8 Å². The Kier molecular flexibility index (Phi) is 4.60. The van der Waals surface area contributed by atoms with Gasteiger partial charge in [0.2, 0.25) is 0 Å². The van der Waals surface area contributed by atoms with E-state index in [9.17, 15) is 9.18 Å². The summed E-state index contributed by atoms with van der Waals surface area (Å²) in [5.41, 5.74) is -0.624. The minimum absolute atomic E-state index is 0.0808. The smallest absolute Gasteiger partial charge is 0.312 e. The van der Waals surface area contributed by atoms with E-state index in [1.807, 2.05) is 24.3 Å². The molecule has 0 aromatic heterocycles. The Balaban J connectivity index is 1.74. The van der Waals surface area contributed by atoms with Gasteiger partial charge in [-0.05, 0) is 24.6 Å². The molecule has 1 fully saturated rings. The van der Waals surface area contributed by atoms with Crippen molar-refractivity contribution in [2.75, 3.05) is 20.3 Å². The molecule has 2 atom stereocenters. The normalized spacial score (nSPS) is 24.2. The van der Waals surface area contributed by atoms with E-state index in [1.165, 1.54) is 0 Å². The highest BCUT2D eigenvalue weighted by Crippen LogP contribution is 2.48. The summed E-state index contributed by atoms with van der Waals surface area (Å²) in [5.74, 6) is -0.373. The van der Waals surface area contributed by atoms with Crippen LogP contribution < -0.4 is 4.74 Å². The van der Waals surface area contributed by atoms with Crippen molar-refractivity contribution in [1.82, 2.24) is 0 Å². The molecule has 0 saturated heterocycles. The molecule has 0 heterocycles. The lowest BCUT2D eigenvalue weighted by Crippen LogP contribution is -2.20. The van der Waals surface area contributed by atoms with Crippen LogP contribution in [0.25, 0.3) is 0 Å². The van der Waals surface area contributed by atoms with Gasteiger partial charge in [0, 0.05) is 6.42 Å². The predicted molar refractivity (Wildman–Crippen MR) is 71.2 cm³/mol. The second-order valence-corrected chi connectivity index (χ2v) is 4.88. The van der Waals surface area contributed by atoms with Crippen molar-refractivity contribution < 1.29 is 23.4 Å². The number of carbonyl (C=O) groups excluding carboxylic acids is 1. The summed E-state index contributed by atoms with van der Waals surface area (Å²) in [7, 11) is 1.60. The third kappa shape index (κ3) is 3.48. The van der Waals surface area contributed by atoms with Crippen LogP contribution in [0.2, 0.25) is 0 Å². The molecule has 0 aliphatic heterocycles. The molecule has 5 heteroatoms. The van der Waals surface area contributed by atoms with Gasteiger partial charge in [0.1, 0.15) is 11.4 Å². The number of hydrogen-bond donors (Lipinski definition) is 0. The standard InChI is InChI=1S/C15H19FO4/c1-3-20-14(17)13-8-15(13,16)10-19-9-11-4-6-12(18-2)7-5-11/h4-7,13H,3,8-10H2,1-2H3/t13-,15+/m0/s1. The number of hydrogen-bond acceptors (Lipinski definition) is 4. The number of alkyl halides is 1. The summed E-state index contributed by atoms with van der Waals surface area (Å²) in [6, 6.07) is 7.36. The van der Waals surface area contributed by atoms with E-state index in [1.54, 1.807) is 14.0 Å². The number of carbonyl (C=O) groups is 1. The van der Waals surface area contributed by atoms with Crippen LogP contribution in [0, 0.1) is 5.92 Å². The first-order chi connectivity index (χ1) is 9.59. The highest BCUT2D eigenvalue weighted by molar-refractivity contribution is 5.77. The second kappa shape index (κ2) is 6.22. The Morgan fingerprint density at radius 1 is 1.40 bits per heavy atom. The van der Waals surface area contributed by atoms with Crippen molar-refractivity contribution in [3.8, 4) is 5.75 Å². The first-order valence-electron chi connectivity index (χ1n) is 6.65. The molecule has 1 aliphatic carbocycles. The molecule has 0 bridgehead atoms. The fourth-order valence-electron chi connectivity index (χ4n) is 2.04. The largest absolute Gasteiger partial charge is 0.497 e. The average Bonchev–Trinajstić information content (AvgIpc) is 3.12. The van der Waals surface area contributed by atoms with Crippen molar-refractivity contribution >= 4 is 5.97 Å². The van der Waals surface area contributed by atoms with Crippen LogP contribution in [0.1, 0.15) is 18.9 Å². The van der Waals surface area contributed by atoms with Crippen molar-refractivity contribution in [2.24, 2.45) is 5.92 Å². The minimum atomic E-state index is -1.56. The van der Waals surface area contributed by atoms with Gasteiger partial charge in [-0.1, -0.05) is 12.1 Å². The Hall–Kier alpha value is -1.62. The van der Waals surface area contributed by atoms with Gasteiger partial charge in [-0.2, -0.15) is 0 Å². The van der Waals surface area contributed by atoms with Crippen molar-refractivity contribution in [3.05, 3.63) is 29.8 Å². The van der Waals surface area contributed by atoms with Crippen molar-refractivity contribution in [2.45, 2.75) is 25.6 Å². The molecule has 110 valence electrons. The van der Waals surface area contributed by atoms with E-state index in [4.69, 9.17) is 14.2 Å². The molecule has 0 spiro atoms. The number of ether oxygens (including phenoxy) is 3. The number of methoxy groups -OCH3 is 1. The van der Waals surface area contributed by atoms with E-state index in [0.717, 1.165) is 11.3 Å². The van der Waals surface area contributed by atoms with E-state index in [2.05, 4.69) is 0 Å². The van der Waals surface area contributed by atoms with Crippen molar-refractivity contribution in [3.63, 3.8) is 0 Å². The molecule has 4 nitrogen and oxygen atoms in total. The monoisotopic (exact) mass is 282 g/mol. The first-order valence-corrected chi connectivity index (χ1v) is 6.65. The third-order valence-corrected chi connectivity index (χ3v) is 3.35. The van der Waals surface area contributed by atoms with Gasteiger partial charge in [-0.15, -0.1) is 0 Å². The zero-order valence-corrected chi connectivity index (χ0v) is 11.7. The van der Waals surface area contributed by atoms with Gasteiger partial charge in [0.15, 0.2) is 0 Å². The highest BCUT2D eigenvalue weighted by atomic mass is 19.1. The third-order valence-electron chi connectivity index (χ3n) is 3.35. The fourth-order valence-corrected chi connectivity index (χ4v) is 2.04. The zero-order valence-electron chi connectivity index (χ0n) is 11.7. The minimum Gasteiger partial charge on any atom is -0.497 e. The molecule has 20 heavy (non-hydrogen) atoms. The average molecular weight is 282 g/mol. The molecule has 0 N–H and O–H groups in total. The van der Waals surface area contributed by atoms with E-state index in [-0.39, 0.29) is 19.6 Å². The molecule has 0 unspecified atom stereocenters. The Labute approximate surface area is 117 Å². The molecule has 1 aromatic rings. The maximum Gasteiger partial charge on any atom is 0.312 e. The summed E-state index contributed by atoms with van der Waals surface area (Å²) in [6.45, 7) is 2.21. The lowest BCUT2D eigenvalue weighted by molar-refractivity contribution is -0.146. The highest BCUT2D eigenvalue weighted by Gasteiger charge is 2.61. The van der Waals surface area contributed by atoms with Crippen LogP contribution in [0.4, 0.5) is 4.39 Å². The van der Waals surface area contributed by atoms with E-state index in [0.29, 0.717) is 6.61 Å². The molecule has 1 aromatic carbocycles. The molecule has 1 aliphatic rings. The lowest BCUT2D eigenvalue weighted by atomic mass is 10.2. The zero-order chi connectivity index (χ0) is 14.6. The Morgan fingerprint density at radius 2 is 2.10 bits per heavy atom. The number of benzene rings is 1. The van der Waals surface area contributed by atoms with Crippen molar-refractivity contribution in [1.29, 1.82) is 0 Å². The summed E-state index contributed by atoms with van der Waals surface area (Å²) < 4.78 is 29.3. The molecule has 1 saturated carbocycles. The number of halogens is 1. The van der Waals surface area contributed by atoms with E-state index < -0.39 is 17.6 Å². The summed E-state index contributed by atoms with van der Waals surface area (Å²) in [4.78, 5) is 11.4. The van der Waals surface area contributed by atoms with Crippen LogP contribution in [0.5, 0.6) is 5.75 Å². The van der Waals surface area contributed by atoms with Gasteiger partial charge < -0.3 is 14.2 Å². The van der Waals surface area contributed by atoms with Gasteiger partial charge >= 0.3 is 5.97 Å². The summed E-state index contributed by atoms with van der Waals surface area (Å²) in [6.07, 6.45) is 0.189. The molecule has 0 amide bonds. The second-order valence-electron chi connectivity index (χ2n) is 4.88. The van der Waals surface area contributed by atoms with Crippen LogP contribution in [-0.4, -0.2) is 32.0 Å². The fraction of sp³-hybridized carbons (Fsp3) is 0.533. The first kappa shape index (κ1) is 14.8. The van der Waals surface area contributed by atoms with Gasteiger partial charge in [-0.3, -0.25) is 4.79 Å². The maximum absolute atomic E-state index is 14.1. The molecular formula is C15H19FO4. The number of esters is 1. The summed E-state index contributed by atoms with van der Waals surface area (Å²) in [5, 5.41) is 0. The maximum atomic E-state index is 14.1. The number of rotatable bonds is 7. The van der Waals surface area contributed by atoms with Crippen LogP contribution >= 0.6 is 0 Å². The van der Waals surface area contributed by atoms with Crippen LogP contribution in [0.15, 0.2) is 24.3 Å². The molecular weight excluding hydrogens is 263 g/mol. The predicted octanol–water partition coefficient (Wildman–Crippen LogP) is 2.50. The van der Waals surface area contributed by atoms with Gasteiger partial charge in [-0.25, -0.2) is 4.39 Å². The quantitative estimate of drug-likeness (QED) is 0.721. The van der Waals surface area contributed by atoms with E-state index >= 15 is 0 Å². The Morgan fingerprint density at radius 3 is 2.70 bits per heavy atom. The molecule has 2 rings (SSSR count). The van der Waals surface area contributed by atoms with Crippen LogP contribution in [0.3, 0.4) is 0 Å². The lowest BCUT2D eigenvalue weighted by Gasteiger charge is -2.09.